The molecule has 4 heterocycles. The van der Waals surface area contributed by atoms with E-state index in [9.17, 15) is 15.3 Å². The van der Waals surface area contributed by atoms with Crippen LogP contribution >= 0.6 is 0 Å². The van der Waals surface area contributed by atoms with Crippen LogP contribution in [-0.4, -0.2) is 54.5 Å². The molecule has 1 saturated carbocycles. The van der Waals surface area contributed by atoms with Crippen molar-refractivity contribution in [2.45, 2.75) is 68.5 Å². The molecular weight excluding hydrogens is 624 g/mol. The third-order valence-electron chi connectivity index (χ3n) is 11.7. The lowest BCUT2D eigenvalue weighted by Gasteiger charge is -2.56. The summed E-state index contributed by atoms with van der Waals surface area (Å²) in [6.45, 7) is 2.37. The highest BCUT2D eigenvalue weighted by Gasteiger charge is 2.55. The predicted octanol–water partition coefficient (Wildman–Crippen LogP) is 5.79. The molecule has 5 N–H and O–H groups in total. The van der Waals surface area contributed by atoms with Gasteiger partial charge < -0.3 is 44.3 Å². The minimum absolute atomic E-state index is 0.0956. The van der Waals surface area contributed by atoms with Gasteiger partial charge in [0, 0.05) is 57.8 Å². The normalized spacial score (nSPS) is 31.1. The second-order valence-corrected chi connectivity index (χ2v) is 14.4. The minimum atomic E-state index is -1.04. The molecule has 49 heavy (non-hydrogen) atoms. The molecular formula is C39H42N2O8. The summed E-state index contributed by atoms with van der Waals surface area (Å²) in [4.78, 5) is 0. The number of hydrogen-bond acceptors (Lipinski definition) is 10. The molecule has 3 aromatic carbocycles. The zero-order chi connectivity index (χ0) is 33.8. The summed E-state index contributed by atoms with van der Waals surface area (Å²) in [5, 5.41) is 41.7. The summed E-state index contributed by atoms with van der Waals surface area (Å²) in [7, 11) is 4.65. The molecule has 256 valence electrons. The van der Waals surface area contributed by atoms with Gasteiger partial charge in [-0.3, -0.25) is 5.32 Å². The lowest BCUT2D eigenvalue weighted by Crippen LogP contribution is -2.70. The molecule has 2 aliphatic carbocycles. The molecule has 3 aromatic rings. The number of nitrogens with one attached hydrogen (secondary N) is 2. The van der Waals surface area contributed by atoms with Gasteiger partial charge in [0.15, 0.2) is 23.5 Å². The molecule has 9 rings (SSSR count). The Balaban J connectivity index is 1.19. The topological polar surface area (TPSA) is 131 Å². The monoisotopic (exact) mass is 666 g/mol. The SMILES string of the molecule is COc1cc([C@@H]2COc3cc4c5c(c3[C@H]2O)CCc2c(OC)cc(OC36NC7(C)C=C[C@@H]3CCC[C@@H]6C=C7)c(c2-5)[C@@H](O)N4)cc(OC)c1O. The number of benzene rings is 3. The first-order chi connectivity index (χ1) is 23.7. The van der Waals surface area contributed by atoms with Crippen molar-refractivity contribution in [3.05, 3.63) is 76.4 Å². The van der Waals surface area contributed by atoms with Gasteiger partial charge in [-0.15, -0.1) is 0 Å². The number of methoxy groups -OCH3 is 3. The van der Waals surface area contributed by atoms with Crippen LogP contribution in [0.5, 0.6) is 34.5 Å². The van der Waals surface area contributed by atoms with Crippen molar-refractivity contribution in [3.8, 4) is 45.6 Å². The van der Waals surface area contributed by atoms with Crippen LogP contribution in [0.4, 0.5) is 5.69 Å². The standard InChI is InChI=1S/C39H42N2O8/c1-38-12-10-20-6-5-7-21(11-13-38)39(20,41-38)49-28-17-26(45-2)22-8-9-23-31-25(40-37(44)34(28)33(22)31)16-27-32(23)35(42)24(18-48-27)19-14-29(46-3)36(43)30(15-19)47-4/h10-17,20-21,24,35,37,40-44H,5-9,18H2,1-4H3/t20-,21+,24-,35-,37+,38?,39?/m0/s1. The summed E-state index contributed by atoms with van der Waals surface area (Å²) in [6, 6.07) is 7.28. The number of ether oxygens (including phenoxy) is 5. The average Bonchev–Trinajstić information content (AvgIpc) is 3.10. The number of fused-ring (bicyclic) bond motifs is 3. The molecule has 0 amide bonds. The lowest BCUT2D eigenvalue weighted by molar-refractivity contribution is -0.0903. The average molecular weight is 667 g/mol. The lowest BCUT2D eigenvalue weighted by atomic mass is 9.66. The number of hydrogen-bond donors (Lipinski definition) is 5. The van der Waals surface area contributed by atoms with E-state index < -0.39 is 24.0 Å². The number of anilines is 1. The van der Waals surface area contributed by atoms with Crippen molar-refractivity contribution in [1.29, 1.82) is 0 Å². The summed E-state index contributed by atoms with van der Waals surface area (Å²) in [6.07, 6.45) is 11.6. The Morgan fingerprint density at radius 3 is 2.16 bits per heavy atom. The van der Waals surface area contributed by atoms with E-state index >= 15 is 0 Å². The van der Waals surface area contributed by atoms with E-state index in [1.54, 1.807) is 19.2 Å². The van der Waals surface area contributed by atoms with Crippen molar-refractivity contribution in [2.24, 2.45) is 11.8 Å². The van der Waals surface area contributed by atoms with E-state index in [0.29, 0.717) is 29.9 Å². The van der Waals surface area contributed by atoms with E-state index in [-0.39, 0.29) is 41.2 Å². The highest BCUT2D eigenvalue weighted by Crippen LogP contribution is 2.59. The first-order valence-corrected chi connectivity index (χ1v) is 17.2. The maximum Gasteiger partial charge on any atom is 0.200 e. The third-order valence-corrected chi connectivity index (χ3v) is 11.7. The molecule has 10 nitrogen and oxygen atoms in total. The van der Waals surface area contributed by atoms with Crippen LogP contribution in [0.15, 0.2) is 48.6 Å². The second kappa shape index (κ2) is 10.8. The fraction of sp³-hybridized carbons (Fsp3) is 0.436. The zero-order valence-corrected chi connectivity index (χ0v) is 28.1. The molecule has 0 radical (unpaired) electrons. The van der Waals surface area contributed by atoms with Crippen molar-refractivity contribution in [2.75, 3.05) is 33.3 Å². The van der Waals surface area contributed by atoms with Gasteiger partial charge in [0.2, 0.25) is 5.75 Å². The predicted molar refractivity (Wildman–Crippen MR) is 183 cm³/mol. The molecule has 2 bridgehead atoms. The second-order valence-electron chi connectivity index (χ2n) is 14.4. The Hall–Kier alpha value is -4.38. The highest BCUT2D eigenvalue weighted by molar-refractivity contribution is 5.93. The molecule has 0 aromatic heterocycles. The Labute approximate surface area is 285 Å². The van der Waals surface area contributed by atoms with E-state index in [1.165, 1.54) is 14.2 Å². The summed E-state index contributed by atoms with van der Waals surface area (Å²) in [5.41, 5.74) is 5.69. The first kappa shape index (κ1) is 30.7. The summed E-state index contributed by atoms with van der Waals surface area (Å²) < 4.78 is 30.5. The Bertz CT molecular complexity index is 1900. The highest BCUT2D eigenvalue weighted by atomic mass is 16.5. The largest absolute Gasteiger partial charge is 0.502 e. The van der Waals surface area contributed by atoms with Crippen LogP contribution in [0, 0.1) is 11.8 Å². The molecule has 10 heteroatoms. The van der Waals surface area contributed by atoms with Gasteiger partial charge in [0.1, 0.15) is 17.2 Å². The number of rotatable bonds is 6. The third kappa shape index (κ3) is 4.30. The van der Waals surface area contributed by atoms with Gasteiger partial charge in [-0.25, -0.2) is 0 Å². The van der Waals surface area contributed by atoms with Gasteiger partial charge in [-0.1, -0.05) is 30.7 Å². The minimum Gasteiger partial charge on any atom is -0.502 e. The van der Waals surface area contributed by atoms with E-state index in [2.05, 4.69) is 41.9 Å². The molecule has 6 aliphatic rings. The van der Waals surface area contributed by atoms with Gasteiger partial charge >= 0.3 is 0 Å². The van der Waals surface area contributed by atoms with Gasteiger partial charge in [-0.2, -0.15) is 0 Å². The van der Waals surface area contributed by atoms with E-state index in [4.69, 9.17) is 23.7 Å². The molecule has 7 atom stereocenters. The molecule has 2 unspecified atom stereocenters. The van der Waals surface area contributed by atoms with Crippen molar-refractivity contribution in [1.82, 2.24) is 5.32 Å². The summed E-state index contributed by atoms with van der Waals surface area (Å²) >= 11 is 0. The molecule has 1 fully saturated rings. The Morgan fingerprint density at radius 1 is 0.816 bits per heavy atom. The number of phenols is 1. The van der Waals surface area contributed by atoms with E-state index in [0.717, 1.165) is 64.1 Å². The number of aliphatic hydroxyl groups is 2. The number of aromatic hydroxyl groups is 1. The van der Waals surface area contributed by atoms with Gasteiger partial charge in [-0.05, 0) is 55.9 Å². The van der Waals surface area contributed by atoms with Crippen molar-refractivity contribution >= 4 is 5.69 Å². The summed E-state index contributed by atoms with van der Waals surface area (Å²) in [5.74, 6) is 2.20. The van der Waals surface area contributed by atoms with Crippen LogP contribution in [-0.2, 0) is 12.8 Å². The number of aliphatic hydroxyl groups excluding tert-OH is 2. The van der Waals surface area contributed by atoms with Crippen molar-refractivity contribution < 1.29 is 39.0 Å². The fourth-order valence-corrected chi connectivity index (χ4v) is 9.42. The van der Waals surface area contributed by atoms with E-state index in [1.807, 2.05) is 12.1 Å². The van der Waals surface area contributed by atoms with Crippen molar-refractivity contribution in [3.63, 3.8) is 0 Å². The van der Waals surface area contributed by atoms with Crippen LogP contribution in [0.1, 0.15) is 72.3 Å². The molecule has 0 saturated heterocycles. The van der Waals surface area contributed by atoms with Crippen LogP contribution < -0.4 is 34.3 Å². The maximum atomic E-state index is 12.1. The van der Waals surface area contributed by atoms with Crippen LogP contribution in [0.3, 0.4) is 0 Å². The Morgan fingerprint density at radius 2 is 1.49 bits per heavy atom. The fourth-order valence-electron chi connectivity index (χ4n) is 9.42. The molecule has 0 spiro atoms. The van der Waals surface area contributed by atoms with Crippen LogP contribution in [0.25, 0.3) is 11.1 Å². The quantitative estimate of drug-likeness (QED) is 0.206. The van der Waals surface area contributed by atoms with Gasteiger partial charge in [0.25, 0.3) is 0 Å². The van der Waals surface area contributed by atoms with Crippen LogP contribution in [0.2, 0.25) is 0 Å². The number of phenolic OH excluding ortho intramolecular Hbond substituents is 1. The Kier molecular flexibility index (Phi) is 6.76. The van der Waals surface area contributed by atoms with Gasteiger partial charge in [0.05, 0.1) is 45.1 Å². The zero-order valence-electron chi connectivity index (χ0n) is 28.1. The first-order valence-electron chi connectivity index (χ1n) is 17.2. The molecule has 4 aliphatic heterocycles. The maximum absolute atomic E-state index is 12.1. The smallest absolute Gasteiger partial charge is 0.200 e.